The largest absolute Gasteiger partial charge is 0.371 e. The molecule has 2 nitrogen and oxygen atoms in total. The predicted molar refractivity (Wildman–Crippen MR) is 70.0 cm³/mol. The number of rotatable bonds is 4. The Morgan fingerprint density at radius 3 is 2.69 bits per heavy atom. The summed E-state index contributed by atoms with van der Waals surface area (Å²) in [6.07, 6.45) is 4.88. The van der Waals surface area contributed by atoms with Gasteiger partial charge in [0.25, 0.3) is 0 Å². The number of aryl methyl sites for hydroxylation is 2. The zero-order valence-electron chi connectivity index (χ0n) is 10.2. The van der Waals surface area contributed by atoms with Gasteiger partial charge in [-0.2, -0.15) is 0 Å². The van der Waals surface area contributed by atoms with Crippen molar-refractivity contribution in [2.45, 2.75) is 32.6 Å². The lowest BCUT2D eigenvalue weighted by atomic mass is 10.0. The molecule has 1 aromatic rings. The lowest BCUT2D eigenvalue weighted by Crippen LogP contribution is -2.19. The second kappa shape index (κ2) is 5.35. The van der Waals surface area contributed by atoms with E-state index >= 15 is 0 Å². The predicted octanol–water partition coefficient (Wildman–Crippen LogP) is 2.49. The van der Waals surface area contributed by atoms with E-state index < -0.39 is 0 Å². The third-order valence-electron chi connectivity index (χ3n) is 3.33. The van der Waals surface area contributed by atoms with E-state index in [0.29, 0.717) is 0 Å². The van der Waals surface area contributed by atoms with Crippen molar-refractivity contribution in [3.8, 4) is 0 Å². The second-order valence-corrected chi connectivity index (χ2v) is 4.72. The fourth-order valence-electron chi connectivity index (χ4n) is 2.47. The maximum atomic E-state index is 5.60. The molecule has 88 valence electrons. The van der Waals surface area contributed by atoms with Crippen LogP contribution in [-0.2, 0) is 6.42 Å². The maximum absolute atomic E-state index is 5.60. The van der Waals surface area contributed by atoms with Gasteiger partial charge in [0.2, 0.25) is 0 Å². The van der Waals surface area contributed by atoms with E-state index in [2.05, 4.69) is 30.0 Å². The molecule has 16 heavy (non-hydrogen) atoms. The molecule has 0 atom stereocenters. The van der Waals surface area contributed by atoms with Gasteiger partial charge in [0.1, 0.15) is 0 Å². The van der Waals surface area contributed by atoms with Gasteiger partial charge in [-0.15, -0.1) is 0 Å². The number of hydrogen-bond acceptors (Lipinski definition) is 2. The Morgan fingerprint density at radius 2 is 2.00 bits per heavy atom. The summed E-state index contributed by atoms with van der Waals surface area (Å²) < 4.78 is 0. The quantitative estimate of drug-likeness (QED) is 0.841. The molecule has 0 radical (unpaired) electrons. The molecule has 1 aromatic carbocycles. The molecule has 0 unspecified atom stereocenters. The first-order chi connectivity index (χ1) is 7.81. The van der Waals surface area contributed by atoms with Crippen LogP contribution >= 0.6 is 0 Å². The molecule has 0 saturated carbocycles. The van der Waals surface area contributed by atoms with Gasteiger partial charge in [0, 0.05) is 18.8 Å². The van der Waals surface area contributed by atoms with E-state index in [1.807, 2.05) is 0 Å². The van der Waals surface area contributed by atoms with Crippen LogP contribution in [0.2, 0.25) is 0 Å². The summed E-state index contributed by atoms with van der Waals surface area (Å²) in [6, 6.07) is 6.83. The highest BCUT2D eigenvalue weighted by molar-refractivity contribution is 5.55. The molecule has 0 amide bonds. The number of nitrogens with zero attached hydrogens (tertiary/aromatic N) is 1. The summed E-state index contributed by atoms with van der Waals surface area (Å²) in [7, 11) is 0. The van der Waals surface area contributed by atoms with Crippen LogP contribution in [-0.4, -0.2) is 19.6 Å². The zero-order valence-corrected chi connectivity index (χ0v) is 10.2. The van der Waals surface area contributed by atoms with Crippen molar-refractivity contribution in [2.75, 3.05) is 24.5 Å². The summed E-state index contributed by atoms with van der Waals surface area (Å²) >= 11 is 0. The highest BCUT2D eigenvalue weighted by Crippen LogP contribution is 2.26. The van der Waals surface area contributed by atoms with Crippen LogP contribution in [0, 0.1) is 6.92 Å². The first-order valence-corrected chi connectivity index (χ1v) is 6.36. The van der Waals surface area contributed by atoms with Gasteiger partial charge in [-0.05, 0) is 50.8 Å². The molecule has 0 aliphatic carbocycles. The first-order valence-electron chi connectivity index (χ1n) is 6.36. The molecule has 1 heterocycles. The van der Waals surface area contributed by atoms with E-state index in [1.165, 1.54) is 42.7 Å². The average molecular weight is 218 g/mol. The monoisotopic (exact) mass is 218 g/mol. The fourth-order valence-corrected chi connectivity index (χ4v) is 2.47. The van der Waals surface area contributed by atoms with Gasteiger partial charge in [-0.3, -0.25) is 0 Å². The van der Waals surface area contributed by atoms with Gasteiger partial charge in [-0.25, -0.2) is 0 Å². The summed E-state index contributed by atoms with van der Waals surface area (Å²) in [6.45, 7) is 5.39. The lowest BCUT2D eigenvalue weighted by molar-refractivity contribution is 0.823. The number of hydrogen-bond donors (Lipinski definition) is 1. The van der Waals surface area contributed by atoms with Crippen molar-refractivity contribution in [3.05, 3.63) is 29.3 Å². The Bertz CT molecular complexity index is 341. The second-order valence-electron chi connectivity index (χ2n) is 4.72. The topological polar surface area (TPSA) is 29.3 Å². The molecular weight excluding hydrogens is 196 g/mol. The highest BCUT2D eigenvalue weighted by atomic mass is 15.1. The van der Waals surface area contributed by atoms with Crippen LogP contribution in [0.5, 0.6) is 0 Å². The summed E-state index contributed by atoms with van der Waals surface area (Å²) in [5, 5.41) is 0. The highest BCUT2D eigenvalue weighted by Gasteiger charge is 2.15. The SMILES string of the molecule is Cc1ccc(N2CCCC2)c(CCCN)c1. The van der Waals surface area contributed by atoms with E-state index in [0.717, 1.165) is 19.4 Å². The molecule has 2 N–H and O–H groups in total. The smallest absolute Gasteiger partial charge is 0.0398 e. The molecule has 0 bridgehead atoms. The van der Waals surface area contributed by atoms with Gasteiger partial charge in [0.15, 0.2) is 0 Å². The average Bonchev–Trinajstić information content (AvgIpc) is 2.80. The number of anilines is 1. The Labute approximate surface area is 98.4 Å². The fraction of sp³-hybridized carbons (Fsp3) is 0.571. The Hall–Kier alpha value is -1.02. The summed E-state index contributed by atoms with van der Waals surface area (Å²) in [5.41, 5.74) is 9.88. The Morgan fingerprint density at radius 1 is 1.25 bits per heavy atom. The van der Waals surface area contributed by atoms with E-state index in [1.54, 1.807) is 0 Å². The summed E-state index contributed by atoms with van der Waals surface area (Å²) in [5.74, 6) is 0. The number of nitrogens with two attached hydrogens (primary N) is 1. The summed E-state index contributed by atoms with van der Waals surface area (Å²) in [4.78, 5) is 2.52. The third-order valence-corrected chi connectivity index (χ3v) is 3.33. The minimum Gasteiger partial charge on any atom is -0.371 e. The van der Waals surface area contributed by atoms with Crippen LogP contribution < -0.4 is 10.6 Å². The molecular formula is C14H22N2. The normalized spacial score (nSPS) is 15.8. The molecule has 1 saturated heterocycles. The number of benzene rings is 1. The van der Waals surface area contributed by atoms with Gasteiger partial charge in [0.05, 0.1) is 0 Å². The van der Waals surface area contributed by atoms with Crippen molar-refractivity contribution in [1.82, 2.24) is 0 Å². The van der Waals surface area contributed by atoms with Crippen molar-refractivity contribution in [2.24, 2.45) is 5.73 Å². The molecule has 2 heteroatoms. The standard InChI is InChI=1S/C14H22N2/c1-12-6-7-14(16-9-2-3-10-16)13(11-12)5-4-8-15/h6-7,11H,2-5,8-10,15H2,1H3. The van der Waals surface area contributed by atoms with Crippen LogP contribution in [0.15, 0.2) is 18.2 Å². The minimum absolute atomic E-state index is 0.785. The van der Waals surface area contributed by atoms with Gasteiger partial charge < -0.3 is 10.6 Å². The molecule has 0 spiro atoms. The van der Waals surface area contributed by atoms with Crippen molar-refractivity contribution in [1.29, 1.82) is 0 Å². The first kappa shape index (κ1) is 11.5. The third kappa shape index (κ3) is 2.56. The van der Waals surface area contributed by atoms with Crippen LogP contribution in [0.25, 0.3) is 0 Å². The van der Waals surface area contributed by atoms with E-state index in [-0.39, 0.29) is 0 Å². The van der Waals surface area contributed by atoms with Crippen LogP contribution in [0.4, 0.5) is 5.69 Å². The van der Waals surface area contributed by atoms with Crippen LogP contribution in [0.3, 0.4) is 0 Å². The lowest BCUT2D eigenvalue weighted by Gasteiger charge is -2.22. The van der Waals surface area contributed by atoms with Crippen molar-refractivity contribution in [3.63, 3.8) is 0 Å². The molecule has 1 aliphatic rings. The molecule has 2 rings (SSSR count). The van der Waals surface area contributed by atoms with E-state index in [4.69, 9.17) is 5.73 Å². The minimum atomic E-state index is 0.785. The maximum Gasteiger partial charge on any atom is 0.0398 e. The van der Waals surface area contributed by atoms with E-state index in [9.17, 15) is 0 Å². The molecule has 1 fully saturated rings. The molecule has 1 aliphatic heterocycles. The molecule has 0 aromatic heterocycles. The van der Waals surface area contributed by atoms with Gasteiger partial charge in [-0.1, -0.05) is 17.7 Å². The van der Waals surface area contributed by atoms with Gasteiger partial charge >= 0.3 is 0 Å². The van der Waals surface area contributed by atoms with Crippen molar-refractivity contribution >= 4 is 5.69 Å². The Kier molecular flexibility index (Phi) is 3.83. The Balaban J connectivity index is 2.20. The van der Waals surface area contributed by atoms with Crippen molar-refractivity contribution < 1.29 is 0 Å². The zero-order chi connectivity index (χ0) is 11.4. The van der Waals surface area contributed by atoms with Crippen LogP contribution in [0.1, 0.15) is 30.4 Å².